The zero-order valence-electron chi connectivity index (χ0n) is 13.7. The lowest BCUT2D eigenvalue weighted by molar-refractivity contribution is 0.0936. The number of ether oxygens (including phenoxy) is 2. The molecule has 2 aromatic carbocycles. The van der Waals surface area contributed by atoms with E-state index in [0.717, 1.165) is 24.3 Å². The minimum absolute atomic E-state index is 0.0644. The number of hydrogen-bond acceptors (Lipinski definition) is 2. The predicted molar refractivity (Wildman–Crippen MR) is 101 cm³/mol. The van der Waals surface area contributed by atoms with E-state index >= 15 is 0 Å². The van der Waals surface area contributed by atoms with E-state index in [-0.39, 0.29) is 5.41 Å². The summed E-state index contributed by atoms with van der Waals surface area (Å²) in [5, 5.41) is 0. The lowest BCUT2D eigenvalue weighted by Gasteiger charge is -2.50. The first-order valence-corrected chi connectivity index (χ1v) is 9.93. The molecule has 0 aliphatic heterocycles. The first kappa shape index (κ1) is 15.3. The lowest BCUT2D eigenvalue weighted by Crippen LogP contribution is -2.48. The van der Waals surface area contributed by atoms with Crippen molar-refractivity contribution in [1.29, 1.82) is 0 Å². The number of halogens is 2. The Morgan fingerprint density at radius 1 is 0.833 bits per heavy atom. The highest BCUT2D eigenvalue weighted by molar-refractivity contribution is 9.10. The normalized spacial score (nSPS) is 28.5. The Morgan fingerprint density at radius 3 is 1.71 bits per heavy atom. The molecule has 4 heteroatoms. The van der Waals surface area contributed by atoms with Gasteiger partial charge < -0.3 is 9.47 Å². The third kappa shape index (κ3) is 1.58. The average molecular weight is 450 g/mol. The van der Waals surface area contributed by atoms with Gasteiger partial charge in [-0.05, 0) is 66.5 Å². The largest absolute Gasteiger partial charge is 0.496 e. The molecule has 3 aliphatic carbocycles. The Labute approximate surface area is 158 Å². The van der Waals surface area contributed by atoms with Crippen molar-refractivity contribution < 1.29 is 9.47 Å². The summed E-state index contributed by atoms with van der Waals surface area (Å²) in [5.74, 6) is 3.34. The fraction of sp³-hybridized carbons (Fsp3) is 0.400. The average Bonchev–Trinajstić information content (AvgIpc) is 3.00. The molecule has 0 saturated heterocycles. The Hall–Kier alpha value is -1.00. The molecule has 0 aromatic heterocycles. The second-order valence-electron chi connectivity index (χ2n) is 7.11. The van der Waals surface area contributed by atoms with E-state index in [2.05, 4.69) is 56.1 Å². The van der Waals surface area contributed by atoms with Crippen molar-refractivity contribution in [3.8, 4) is 11.5 Å². The molecule has 0 amide bonds. The smallest absolute Gasteiger partial charge is 0.123 e. The van der Waals surface area contributed by atoms with Crippen LogP contribution in [0.15, 0.2) is 33.2 Å². The topological polar surface area (TPSA) is 18.5 Å². The van der Waals surface area contributed by atoms with E-state index in [1.54, 1.807) is 14.2 Å². The molecule has 0 radical (unpaired) electrons. The van der Waals surface area contributed by atoms with Crippen LogP contribution in [-0.4, -0.2) is 14.2 Å². The molecule has 24 heavy (non-hydrogen) atoms. The van der Waals surface area contributed by atoms with E-state index in [9.17, 15) is 0 Å². The van der Waals surface area contributed by atoms with Crippen LogP contribution in [-0.2, 0) is 18.3 Å². The maximum Gasteiger partial charge on any atom is 0.123 e. The number of rotatable bonds is 2. The zero-order chi connectivity index (χ0) is 16.6. The molecule has 0 heterocycles. The van der Waals surface area contributed by atoms with Crippen LogP contribution in [0.4, 0.5) is 0 Å². The summed E-state index contributed by atoms with van der Waals surface area (Å²) in [6.45, 7) is 0. The number of benzene rings is 2. The second kappa shape index (κ2) is 5.01. The molecule has 1 unspecified atom stereocenters. The van der Waals surface area contributed by atoms with E-state index in [4.69, 9.17) is 9.47 Å². The molecule has 1 fully saturated rings. The molecule has 5 rings (SSSR count). The van der Waals surface area contributed by atoms with Crippen LogP contribution in [0.1, 0.15) is 28.7 Å². The fourth-order valence-electron chi connectivity index (χ4n) is 5.66. The Balaban J connectivity index is 1.87. The second-order valence-corrected chi connectivity index (χ2v) is 8.82. The maximum absolute atomic E-state index is 5.81. The zero-order valence-corrected chi connectivity index (χ0v) is 16.8. The van der Waals surface area contributed by atoms with Crippen molar-refractivity contribution in [1.82, 2.24) is 0 Å². The summed E-state index contributed by atoms with van der Waals surface area (Å²) in [5.41, 5.74) is 5.72. The van der Waals surface area contributed by atoms with Gasteiger partial charge in [0.05, 0.1) is 14.2 Å². The van der Waals surface area contributed by atoms with Gasteiger partial charge in [-0.15, -0.1) is 0 Å². The van der Waals surface area contributed by atoms with Gasteiger partial charge in [-0.1, -0.05) is 31.9 Å². The van der Waals surface area contributed by atoms with Crippen molar-refractivity contribution in [3.63, 3.8) is 0 Å². The van der Waals surface area contributed by atoms with Gasteiger partial charge >= 0.3 is 0 Å². The van der Waals surface area contributed by atoms with Crippen molar-refractivity contribution in [2.45, 2.75) is 24.7 Å². The van der Waals surface area contributed by atoms with E-state index < -0.39 is 0 Å². The van der Waals surface area contributed by atoms with Gasteiger partial charge in [-0.3, -0.25) is 0 Å². The first-order chi connectivity index (χ1) is 11.6. The minimum atomic E-state index is 0.0644. The van der Waals surface area contributed by atoms with Crippen LogP contribution >= 0.6 is 31.9 Å². The van der Waals surface area contributed by atoms with Crippen molar-refractivity contribution >= 4 is 31.9 Å². The van der Waals surface area contributed by atoms with Gasteiger partial charge in [0.1, 0.15) is 11.5 Å². The summed E-state index contributed by atoms with van der Waals surface area (Å²) < 4.78 is 14.0. The van der Waals surface area contributed by atoms with Gasteiger partial charge in [0.25, 0.3) is 0 Å². The summed E-state index contributed by atoms with van der Waals surface area (Å²) in [4.78, 5) is 0. The standard InChI is InChI=1S/C20H18Br2O2/c1-23-16-5-3-14(21)12-8-10-7-11-9-13-15(22)4-6-17(24-2)19(13)20(10,11)18(12)16/h3-6,10-11H,7-9H2,1-2H3/t10-,11+,20?. The highest BCUT2D eigenvalue weighted by Gasteiger charge is 2.66. The predicted octanol–water partition coefficient (Wildman–Crippen LogP) is 5.26. The van der Waals surface area contributed by atoms with Crippen LogP contribution in [0.25, 0.3) is 0 Å². The summed E-state index contributed by atoms with van der Waals surface area (Å²) in [6, 6.07) is 8.47. The van der Waals surface area contributed by atoms with E-state index in [1.807, 2.05) is 0 Å². The van der Waals surface area contributed by atoms with Crippen LogP contribution in [0, 0.1) is 11.8 Å². The molecular formula is C20H18Br2O2. The van der Waals surface area contributed by atoms with Crippen molar-refractivity contribution in [3.05, 3.63) is 55.5 Å². The Bertz CT molecular complexity index is 803. The Morgan fingerprint density at radius 2 is 1.29 bits per heavy atom. The number of methoxy groups -OCH3 is 2. The van der Waals surface area contributed by atoms with Crippen LogP contribution in [0.5, 0.6) is 11.5 Å². The third-order valence-corrected chi connectivity index (χ3v) is 7.95. The molecule has 1 spiro atoms. The van der Waals surface area contributed by atoms with E-state index in [1.165, 1.54) is 37.6 Å². The highest BCUT2D eigenvalue weighted by Crippen LogP contribution is 2.71. The summed E-state index contributed by atoms with van der Waals surface area (Å²) in [6.07, 6.45) is 3.53. The third-order valence-electron chi connectivity index (χ3n) is 6.46. The van der Waals surface area contributed by atoms with Gasteiger partial charge in [0.2, 0.25) is 0 Å². The van der Waals surface area contributed by atoms with Crippen LogP contribution in [0.2, 0.25) is 0 Å². The maximum atomic E-state index is 5.81. The molecule has 3 atom stereocenters. The minimum Gasteiger partial charge on any atom is -0.496 e. The van der Waals surface area contributed by atoms with Crippen molar-refractivity contribution in [2.75, 3.05) is 14.2 Å². The number of fused-ring (bicyclic) bond motifs is 2. The van der Waals surface area contributed by atoms with Gasteiger partial charge in [0.15, 0.2) is 0 Å². The summed E-state index contributed by atoms with van der Waals surface area (Å²) >= 11 is 7.56. The van der Waals surface area contributed by atoms with Crippen LogP contribution < -0.4 is 9.47 Å². The van der Waals surface area contributed by atoms with Gasteiger partial charge in [-0.2, -0.15) is 0 Å². The van der Waals surface area contributed by atoms with Crippen molar-refractivity contribution in [2.24, 2.45) is 11.8 Å². The molecule has 3 aliphatic rings. The molecule has 1 saturated carbocycles. The molecule has 124 valence electrons. The van der Waals surface area contributed by atoms with E-state index in [0.29, 0.717) is 11.8 Å². The highest BCUT2D eigenvalue weighted by atomic mass is 79.9. The lowest BCUT2D eigenvalue weighted by atomic mass is 9.52. The van der Waals surface area contributed by atoms with Gasteiger partial charge in [0, 0.05) is 25.5 Å². The molecule has 2 aromatic rings. The molecule has 2 nitrogen and oxygen atoms in total. The Kier molecular flexibility index (Phi) is 3.19. The number of hydrogen-bond donors (Lipinski definition) is 0. The monoisotopic (exact) mass is 448 g/mol. The molecule has 0 N–H and O–H groups in total. The quantitative estimate of drug-likeness (QED) is 0.622. The fourth-order valence-corrected chi connectivity index (χ4v) is 6.64. The first-order valence-electron chi connectivity index (χ1n) is 8.34. The molecular weight excluding hydrogens is 432 g/mol. The SMILES string of the molecule is COc1ccc(Br)c2c1C13c4c(OC)ccc(Br)c4C[C@H]1C[C@H]3C2. The van der Waals surface area contributed by atoms with Gasteiger partial charge in [-0.25, -0.2) is 0 Å². The molecule has 0 bridgehead atoms. The summed E-state index contributed by atoms with van der Waals surface area (Å²) in [7, 11) is 3.57. The van der Waals surface area contributed by atoms with Crippen LogP contribution in [0.3, 0.4) is 0 Å².